The maximum absolute atomic E-state index is 9.18. The van der Waals surface area contributed by atoms with Gasteiger partial charge >= 0.3 is 0 Å². The normalized spacial score (nSPS) is 13.4. The number of unbranched alkanes of at least 4 members (excludes halogenated alkanes) is 1. The van der Waals surface area contributed by atoms with Gasteiger partial charge in [-0.3, -0.25) is 5.32 Å². The van der Waals surface area contributed by atoms with E-state index in [1.807, 2.05) is 38.1 Å². The van der Waals surface area contributed by atoms with Crippen molar-refractivity contribution in [1.29, 1.82) is 5.26 Å². The summed E-state index contributed by atoms with van der Waals surface area (Å²) in [6, 6.07) is 10.1. The molecule has 0 aliphatic rings. The molecule has 2 N–H and O–H groups in total. The quantitative estimate of drug-likeness (QED) is 0.650. The minimum absolute atomic E-state index is 0.129. The zero-order valence-electron chi connectivity index (χ0n) is 13.1. The molecule has 1 atom stereocenters. The third kappa shape index (κ3) is 6.16. The van der Waals surface area contributed by atoms with Crippen LogP contribution in [0.1, 0.15) is 38.7 Å². The fourth-order valence-corrected chi connectivity index (χ4v) is 2.31. The van der Waals surface area contributed by atoms with E-state index in [-0.39, 0.29) is 6.61 Å². The summed E-state index contributed by atoms with van der Waals surface area (Å²) >= 11 is 0. The summed E-state index contributed by atoms with van der Waals surface area (Å²) in [5.74, 6) is 0.848. The number of rotatable bonds is 10. The van der Waals surface area contributed by atoms with Gasteiger partial charge in [-0.15, -0.1) is 0 Å². The third-order valence-electron chi connectivity index (χ3n) is 3.50. The van der Waals surface area contributed by atoms with Gasteiger partial charge in [0.2, 0.25) is 0 Å². The molecule has 0 saturated carbocycles. The highest BCUT2D eigenvalue weighted by molar-refractivity contribution is 5.33. The summed E-state index contributed by atoms with van der Waals surface area (Å²) in [5, 5.41) is 21.4. The van der Waals surface area contributed by atoms with Crippen LogP contribution in [0.5, 0.6) is 5.75 Å². The lowest BCUT2D eigenvalue weighted by molar-refractivity contribution is 0.280. The zero-order chi connectivity index (χ0) is 15.6. The average Bonchev–Trinajstić information content (AvgIpc) is 2.49. The molecule has 0 heterocycles. The minimum Gasteiger partial charge on any atom is -0.493 e. The second-order valence-electron chi connectivity index (χ2n) is 5.36. The number of hydrogen-bond acceptors (Lipinski definition) is 4. The molecule has 1 rings (SSSR count). The van der Waals surface area contributed by atoms with Crippen LogP contribution in [-0.4, -0.2) is 30.4 Å². The molecule has 0 bridgehead atoms. The van der Waals surface area contributed by atoms with Gasteiger partial charge in [-0.05, 0) is 50.8 Å². The molecule has 1 unspecified atom stereocenters. The molecule has 1 aromatic carbocycles. The van der Waals surface area contributed by atoms with Crippen molar-refractivity contribution in [2.24, 2.45) is 0 Å². The number of nitrogens with zero attached hydrogens (tertiary/aromatic N) is 1. The Morgan fingerprint density at radius 1 is 1.33 bits per heavy atom. The van der Waals surface area contributed by atoms with E-state index < -0.39 is 5.54 Å². The van der Waals surface area contributed by atoms with Crippen molar-refractivity contribution in [3.63, 3.8) is 0 Å². The summed E-state index contributed by atoms with van der Waals surface area (Å²) in [6.07, 6.45) is 3.29. The Kier molecular flexibility index (Phi) is 7.81. The fourth-order valence-electron chi connectivity index (χ4n) is 2.31. The largest absolute Gasteiger partial charge is 0.493 e. The molecule has 0 spiro atoms. The van der Waals surface area contributed by atoms with E-state index in [0.29, 0.717) is 13.0 Å². The van der Waals surface area contributed by atoms with Crippen LogP contribution < -0.4 is 10.1 Å². The molecule has 0 aliphatic carbocycles. The van der Waals surface area contributed by atoms with Crippen LogP contribution in [0.4, 0.5) is 0 Å². The van der Waals surface area contributed by atoms with Crippen molar-refractivity contribution < 1.29 is 9.84 Å². The van der Waals surface area contributed by atoms with Gasteiger partial charge < -0.3 is 9.84 Å². The van der Waals surface area contributed by atoms with Crippen molar-refractivity contribution in [2.75, 3.05) is 19.8 Å². The predicted octanol–water partition coefficient (Wildman–Crippen LogP) is 2.66. The number of para-hydroxylation sites is 1. The molecule has 0 saturated heterocycles. The molecule has 0 radical (unpaired) electrons. The van der Waals surface area contributed by atoms with Crippen LogP contribution in [0.3, 0.4) is 0 Å². The minimum atomic E-state index is -0.441. The average molecular weight is 290 g/mol. The standard InChI is InChI=1S/C17H26N2O2/c1-3-19-17(2,14-18)11-6-7-13-21-16-9-5-4-8-15(16)10-12-20/h4-5,8-9,19-20H,3,6-7,10-13H2,1-2H3. The van der Waals surface area contributed by atoms with E-state index in [1.54, 1.807) is 0 Å². The summed E-state index contributed by atoms with van der Waals surface area (Å²) < 4.78 is 5.78. The molecule has 1 aromatic rings. The summed E-state index contributed by atoms with van der Waals surface area (Å²) in [4.78, 5) is 0. The van der Waals surface area contributed by atoms with Crippen molar-refractivity contribution in [3.05, 3.63) is 29.8 Å². The molecular formula is C17H26N2O2. The van der Waals surface area contributed by atoms with Crippen LogP contribution in [0, 0.1) is 11.3 Å². The second-order valence-corrected chi connectivity index (χ2v) is 5.36. The number of nitrogens with one attached hydrogen (secondary N) is 1. The van der Waals surface area contributed by atoms with Crippen LogP contribution in [0.2, 0.25) is 0 Å². The molecule has 0 fully saturated rings. The lowest BCUT2D eigenvalue weighted by atomic mass is 9.97. The van der Waals surface area contributed by atoms with Gasteiger partial charge in [-0.25, -0.2) is 0 Å². The highest BCUT2D eigenvalue weighted by Gasteiger charge is 2.21. The Labute approximate surface area is 127 Å². The topological polar surface area (TPSA) is 65.3 Å². The molecule has 0 aliphatic heterocycles. The molecule has 0 amide bonds. The number of aliphatic hydroxyl groups excluding tert-OH is 1. The number of hydrogen-bond donors (Lipinski definition) is 2. The molecular weight excluding hydrogens is 264 g/mol. The first kappa shape index (κ1) is 17.5. The summed E-state index contributed by atoms with van der Waals surface area (Å²) in [5.41, 5.74) is 0.596. The smallest absolute Gasteiger partial charge is 0.122 e. The van der Waals surface area contributed by atoms with E-state index in [1.165, 1.54) is 0 Å². The predicted molar refractivity (Wildman–Crippen MR) is 84.3 cm³/mol. The highest BCUT2D eigenvalue weighted by atomic mass is 16.5. The Balaban J connectivity index is 2.33. The first-order valence-corrected chi connectivity index (χ1v) is 7.63. The van der Waals surface area contributed by atoms with Gasteiger partial charge in [-0.2, -0.15) is 5.26 Å². The second kappa shape index (κ2) is 9.38. The Morgan fingerprint density at radius 3 is 2.76 bits per heavy atom. The van der Waals surface area contributed by atoms with Crippen LogP contribution in [-0.2, 0) is 6.42 Å². The number of ether oxygens (including phenoxy) is 1. The van der Waals surface area contributed by atoms with Crippen LogP contribution in [0.25, 0.3) is 0 Å². The zero-order valence-corrected chi connectivity index (χ0v) is 13.1. The number of benzene rings is 1. The van der Waals surface area contributed by atoms with Crippen LogP contribution in [0.15, 0.2) is 24.3 Å². The van der Waals surface area contributed by atoms with Gasteiger partial charge in [0, 0.05) is 6.61 Å². The molecule has 0 aromatic heterocycles. The Bertz CT molecular complexity index is 456. The van der Waals surface area contributed by atoms with Crippen molar-refractivity contribution in [3.8, 4) is 11.8 Å². The first-order chi connectivity index (χ1) is 10.1. The lowest BCUT2D eigenvalue weighted by Gasteiger charge is -2.22. The third-order valence-corrected chi connectivity index (χ3v) is 3.50. The Morgan fingerprint density at radius 2 is 2.10 bits per heavy atom. The Hall–Kier alpha value is -1.57. The van der Waals surface area contributed by atoms with E-state index >= 15 is 0 Å². The summed E-state index contributed by atoms with van der Waals surface area (Å²) in [6.45, 7) is 5.51. The highest BCUT2D eigenvalue weighted by Crippen LogP contribution is 2.19. The van der Waals surface area contributed by atoms with Crippen molar-refractivity contribution in [1.82, 2.24) is 5.32 Å². The molecule has 4 heteroatoms. The van der Waals surface area contributed by atoms with Crippen LogP contribution >= 0.6 is 0 Å². The van der Waals surface area contributed by atoms with Gasteiger partial charge in [0.05, 0.1) is 12.7 Å². The maximum Gasteiger partial charge on any atom is 0.122 e. The molecule has 116 valence electrons. The van der Waals surface area contributed by atoms with Gasteiger partial charge in [0.15, 0.2) is 0 Å². The summed E-state index contributed by atoms with van der Waals surface area (Å²) in [7, 11) is 0. The number of aliphatic hydroxyl groups is 1. The van der Waals surface area contributed by atoms with Gasteiger partial charge in [-0.1, -0.05) is 25.1 Å². The maximum atomic E-state index is 9.18. The number of nitriles is 1. The monoisotopic (exact) mass is 290 g/mol. The van der Waals surface area contributed by atoms with E-state index in [2.05, 4.69) is 11.4 Å². The molecule has 21 heavy (non-hydrogen) atoms. The van der Waals surface area contributed by atoms with Gasteiger partial charge in [0.1, 0.15) is 11.3 Å². The van der Waals surface area contributed by atoms with Crippen molar-refractivity contribution in [2.45, 2.75) is 45.1 Å². The van der Waals surface area contributed by atoms with Crippen molar-refractivity contribution >= 4 is 0 Å². The first-order valence-electron chi connectivity index (χ1n) is 7.63. The fraction of sp³-hybridized carbons (Fsp3) is 0.588. The molecule has 4 nitrogen and oxygen atoms in total. The van der Waals surface area contributed by atoms with E-state index in [0.717, 1.165) is 37.1 Å². The lowest BCUT2D eigenvalue weighted by Crippen LogP contribution is -2.40. The van der Waals surface area contributed by atoms with Gasteiger partial charge in [0.25, 0.3) is 0 Å². The van der Waals surface area contributed by atoms with E-state index in [4.69, 9.17) is 9.84 Å². The van der Waals surface area contributed by atoms with E-state index in [9.17, 15) is 5.26 Å². The SMILES string of the molecule is CCNC(C)(C#N)CCCCOc1ccccc1CCO.